The predicted molar refractivity (Wildman–Crippen MR) is 74.7 cm³/mol. The Kier molecular flexibility index (Phi) is 6.79. The van der Waals surface area contributed by atoms with Crippen LogP contribution in [0.5, 0.6) is 0 Å². The van der Waals surface area contributed by atoms with Crippen LogP contribution in [0.1, 0.15) is 59.3 Å². The molecule has 1 N–H and O–H groups in total. The van der Waals surface area contributed by atoms with E-state index in [1.165, 1.54) is 0 Å². The van der Waals surface area contributed by atoms with E-state index in [1.807, 2.05) is 0 Å². The first-order valence-electron chi connectivity index (χ1n) is 7.65. The Morgan fingerprint density at radius 2 is 2.00 bits per heavy atom. The molecule has 1 aliphatic carbocycles. The molecule has 0 heterocycles. The van der Waals surface area contributed by atoms with Gasteiger partial charge in [0.05, 0.1) is 6.10 Å². The molecule has 0 aliphatic heterocycles. The molecule has 0 spiro atoms. The van der Waals surface area contributed by atoms with Gasteiger partial charge in [-0.2, -0.15) is 13.2 Å². The number of hydrogen-bond acceptors (Lipinski definition) is 2. The van der Waals surface area contributed by atoms with Crippen LogP contribution in [-0.2, 0) is 4.74 Å². The highest BCUT2D eigenvalue weighted by atomic mass is 19.4. The van der Waals surface area contributed by atoms with Crippen LogP contribution in [0.4, 0.5) is 13.2 Å². The lowest BCUT2D eigenvalue weighted by molar-refractivity contribution is -0.140. The minimum atomic E-state index is -4.07. The molecule has 2 nitrogen and oxygen atoms in total. The van der Waals surface area contributed by atoms with E-state index >= 15 is 0 Å². The van der Waals surface area contributed by atoms with E-state index in [0.717, 1.165) is 32.2 Å². The van der Waals surface area contributed by atoms with Gasteiger partial charge in [0.25, 0.3) is 0 Å². The van der Waals surface area contributed by atoms with Gasteiger partial charge in [0.2, 0.25) is 0 Å². The van der Waals surface area contributed by atoms with Gasteiger partial charge in [-0.25, -0.2) is 0 Å². The molecule has 120 valence electrons. The topological polar surface area (TPSA) is 21.3 Å². The molecule has 0 bridgehead atoms. The molecular weight excluding hydrogens is 267 g/mol. The van der Waals surface area contributed by atoms with Gasteiger partial charge in [0.1, 0.15) is 0 Å². The number of nitrogens with one attached hydrogen (secondary N) is 1. The van der Waals surface area contributed by atoms with Crippen molar-refractivity contribution in [1.82, 2.24) is 5.32 Å². The number of alkyl halides is 3. The van der Waals surface area contributed by atoms with Gasteiger partial charge in [-0.1, -0.05) is 20.8 Å². The summed E-state index contributed by atoms with van der Waals surface area (Å²) in [5.41, 5.74) is 0.221. The van der Waals surface area contributed by atoms with Crippen LogP contribution >= 0.6 is 0 Å². The van der Waals surface area contributed by atoms with Crippen LogP contribution in [-0.4, -0.2) is 31.5 Å². The molecule has 1 aliphatic rings. The van der Waals surface area contributed by atoms with Crippen LogP contribution < -0.4 is 5.32 Å². The summed E-state index contributed by atoms with van der Waals surface area (Å²) in [5, 5.41) is 3.47. The molecule has 0 saturated heterocycles. The van der Waals surface area contributed by atoms with Gasteiger partial charge in [-0.05, 0) is 44.1 Å². The van der Waals surface area contributed by atoms with Gasteiger partial charge in [-0.15, -0.1) is 0 Å². The van der Waals surface area contributed by atoms with Crippen molar-refractivity contribution in [2.24, 2.45) is 5.41 Å². The lowest BCUT2D eigenvalue weighted by atomic mass is 9.74. The Labute approximate surface area is 120 Å². The van der Waals surface area contributed by atoms with E-state index in [4.69, 9.17) is 4.74 Å². The fraction of sp³-hybridized carbons (Fsp3) is 1.00. The second kappa shape index (κ2) is 7.64. The van der Waals surface area contributed by atoms with Gasteiger partial charge in [0.15, 0.2) is 0 Å². The fourth-order valence-corrected chi connectivity index (χ4v) is 2.77. The maximum Gasteiger partial charge on any atom is 0.389 e. The SMILES string of the molecule is CCCNC1CCC(C)(C)CC1OCCCC(F)(F)F. The average molecular weight is 295 g/mol. The summed E-state index contributed by atoms with van der Waals surface area (Å²) in [6.07, 6.45) is -0.584. The maximum atomic E-state index is 12.1. The van der Waals surface area contributed by atoms with Crippen LogP contribution in [0, 0.1) is 5.41 Å². The van der Waals surface area contributed by atoms with E-state index in [1.54, 1.807) is 0 Å². The zero-order valence-electron chi connectivity index (χ0n) is 12.9. The first kappa shape index (κ1) is 17.8. The Morgan fingerprint density at radius 1 is 1.30 bits per heavy atom. The number of hydrogen-bond donors (Lipinski definition) is 1. The highest BCUT2D eigenvalue weighted by molar-refractivity contribution is 4.89. The predicted octanol–water partition coefficient (Wildman–Crippen LogP) is 4.29. The summed E-state index contributed by atoms with van der Waals surface area (Å²) in [6.45, 7) is 7.65. The van der Waals surface area contributed by atoms with Crippen molar-refractivity contribution in [3.8, 4) is 0 Å². The van der Waals surface area contributed by atoms with Crippen molar-refractivity contribution in [2.45, 2.75) is 77.6 Å². The molecule has 0 radical (unpaired) electrons. The highest BCUT2D eigenvalue weighted by Gasteiger charge is 2.35. The van der Waals surface area contributed by atoms with Crippen molar-refractivity contribution < 1.29 is 17.9 Å². The largest absolute Gasteiger partial charge is 0.389 e. The zero-order valence-corrected chi connectivity index (χ0v) is 12.9. The Morgan fingerprint density at radius 3 is 2.60 bits per heavy atom. The zero-order chi connectivity index (χ0) is 15.2. The maximum absolute atomic E-state index is 12.1. The Hall–Kier alpha value is -0.290. The smallest absolute Gasteiger partial charge is 0.377 e. The summed E-state index contributed by atoms with van der Waals surface area (Å²) in [4.78, 5) is 0. The standard InChI is InChI=1S/C15H28F3NO/c1-4-9-19-12-6-8-14(2,3)11-13(12)20-10-5-7-15(16,17)18/h12-13,19H,4-11H2,1-3H3. The quantitative estimate of drug-likeness (QED) is 0.707. The molecule has 1 rings (SSSR count). The molecule has 2 unspecified atom stereocenters. The van der Waals surface area contributed by atoms with Gasteiger partial charge >= 0.3 is 6.18 Å². The normalized spacial score (nSPS) is 26.7. The molecule has 0 aromatic carbocycles. The second-order valence-corrected chi connectivity index (χ2v) is 6.60. The van der Waals surface area contributed by atoms with Crippen molar-refractivity contribution in [1.29, 1.82) is 0 Å². The Bertz CT molecular complexity index is 279. The second-order valence-electron chi connectivity index (χ2n) is 6.60. The summed E-state index contributed by atoms with van der Waals surface area (Å²) in [5.74, 6) is 0. The molecular formula is C15H28F3NO. The van der Waals surface area contributed by atoms with Crippen LogP contribution in [0.15, 0.2) is 0 Å². The first-order valence-corrected chi connectivity index (χ1v) is 7.65. The van der Waals surface area contributed by atoms with Crippen molar-refractivity contribution in [3.05, 3.63) is 0 Å². The van der Waals surface area contributed by atoms with E-state index in [9.17, 15) is 13.2 Å². The third-order valence-corrected chi connectivity index (χ3v) is 3.93. The summed E-state index contributed by atoms with van der Waals surface area (Å²) < 4.78 is 42.1. The molecule has 20 heavy (non-hydrogen) atoms. The van der Waals surface area contributed by atoms with Gasteiger partial charge < -0.3 is 10.1 Å². The summed E-state index contributed by atoms with van der Waals surface area (Å²) >= 11 is 0. The lowest BCUT2D eigenvalue weighted by Crippen LogP contribution is -2.48. The Balaban J connectivity index is 2.39. The van der Waals surface area contributed by atoms with Crippen LogP contribution in [0.25, 0.3) is 0 Å². The van der Waals surface area contributed by atoms with Crippen LogP contribution in [0.3, 0.4) is 0 Å². The van der Waals surface area contributed by atoms with E-state index in [2.05, 4.69) is 26.1 Å². The van der Waals surface area contributed by atoms with E-state index in [0.29, 0.717) is 0 Å². The molecule has 5 heteroatoms. The summed E-state index contributed by atoms with van der Waals surface area (Å²) in [7, 11) is 0. The molecule has 1 saturated carbocycles. The average Bonchev–Trinajstić information content (AvgIpc) is 2.32. The van der Waals surface area contributed by atoms with Crippen LogP contribution in [0.2, 0.25) is 0 Å². The lowest BCUT2D eigenvalue weighted by Gasteiger charge is -2.41. The molecule has 0 aromatic rings. The molecule has 0 aromatic heterocycles. The van der Waals surface area contributed by atoms with Crippen molar-refractivity contribution >= 4 is 0 Å². The minimum absolute atomic E-state index is 0.0403. The van der Waals surface area contributed by atoms with Gasteiger partial charge in [-0.3, -0.25) is 0 Å². The van der Waals surface area contributed by atoms with Crippen molar-refractivity contribution in [2.75, 3.05) is 13.2 Å². The number of rotatable bonds is 7. The summed E-state index contributed by atoms with van der Waals surface area (Å²) in [6, 6.07) is 0.286. The van der Waals surface area contributed by atoms with E-state index in [-0.39, 0.29) is 30.6 Å². The van der Waals surface area contributed by atoms with Crippen molar-refractivity contribution in [3.63, 3.8) is 0 Å². The third-order valence-electron chi connectivity index (χ3n) is 3.93. The monoisotopic (exact) mass is 295 g/mol. The highest BCUT2D eigenvalue weighted by Crippen LogP contribution is 2.37. The van der Waals surface area contributed by atoms with Gasteiger partial charge in [0, 0.05) is 19.1 Å². The minimum Gasteiger partial charge on any atom is -0.377 e. The third kappa shape index (κ3) is 6.93. The first-order chi connectivity index (χ1) is 9.23. The molecule has 1 fully saturated rings. The molecule has 2 atom stereocenters. The fourth-order valence-electron chi connectivity index (χ4n) is 2.77. The number of ether oxygens (including phenoxy) is 1. The molecule has 0 amide bonds. The number of halogens is 3. The van der Waals surface area contributed by atoms with E-state index < -0.39 is 12.6 Å².